The van der Waals surface area contributed by atoms with Crippen molar-refractivity contribution >= 4 is 17.7 Å². The minimum Gasteiger partial charge on any atom is -0.446 e. The number of anilines is 2. The smallest absolute Gasteiger partial charge is 0.407 e. The number of ether oxygens (including phenoxy) is 1. The average molecular weight is 352 g/mol. The van der Waals surface area contributed by atoms with Gasteiger partial charge in [0.15, 0.2) is 0 Å². The van der Waals surface area contributed by atoms with Crippen molar-refractivity contribution in [1.82, 2.24) is 15.3 Å². The van der Waals surface area contributed by atoms with Gasteiger partial charge < -0.3 is 15.4 Å². The number of alkyl carbamates (subject to hydrolysis) is 1. The van der Waals surface area contributed by atoms with E-state index in [4.69, 9.17) is 4.74 Å². The second kappa shape index (κ2) is 6.94. The van der Waals surface area contributed by atoms with E-state index in [0.717, 1.165) is 43.4 Å². The topological polar surface area (TPSA) is 76.1 Å². The lowest BCUT2D eigenvalue weighted by atomic mass is 10.0. The SMILES string of the molecule is CC1(NC(=O)O[C@H]2CC[C@@H](c3cnc(Nc4ccccc4)nc3)C2)CC1. The lowest BCUT2D eigenvalue weighted by Gasteiger charge is -2.16. The Kier molecular flexibility index (Phi) is 4.49. The maximum Gasteiger partial charge on any atom is 0.407 e. The molecule has 2 atom stereocenters. The summed E-state index contributed by atoms with van der Waals surface area (Å²) in [6, 6.07) is 9.86. The summed E-state index contributed by atoms with van der Waals surface area (Å²) in [5.74, 6) is 0.929. The number of nitrogens with one attached hydrogen (secondary N) is 2. The number of para-hydroxylation sites is 1. The van der Waals surface area contributed by atoms with Crippen molar-refractivity contribution in [2.24, 2.45) is 0 Å². The van der Waals surface area contributed by atoms with E-state index in [9.17, 15) is 4.79 Å². The summed E-state index contributed by atoms with van der Waals surface area (Å²) >= 11 is 0. The number of carbonyl (C=O) groups excluding carboxylic acids is 1. The van der Waals surface area contributed by atoms with Crippen molar-refractivity contribution in [2.45, 2.75) is 56.6 Å². The first kappa shape index (κ1) is 16.8. The van der Waals surface area contributed by atoms with Crippen LogP contribution in [0.2, 0.25) is 0 Å². The van der Waals surface area contributed by atoms with Crippen molar-refractivity contribution in [1.29, 1.82) is 0 Å². The molecule has 6 nitrogen and oxygen atoms in total. The molecule has 2 aliphatic rings. The quantitative estimate of drug-likeness (QED) is 0.846. The predicted octanol–water partition coefficient (Wildman–Crippen LogP) is 4.14. The van der Waals surface area contributed by atoms with Crippen molar-refractivity contribution in [3.05, 3.63) is 48.3 Å². The van der Waals surface area contributed by atoms with Gasteiger partial charge in [0.1, 0.15) is 6.10 Å². The fraction of sp³-hybridized carbons (Fsp3) is 0.450. The summed E-state index contributed by atoms with van der Waals surface area (Å²) in [4.78, 5) is 20.8. The highest BCUT2D eigenvalue weighted by atomic mass is 16.6. The van der Waals surface area contributed by atoms with E-state index in [0.29, 0.717) is 11.9 Å². The third-order valence-electron chi connectivity index (χ3n) is 5.24. The van der Waals surface area contributed by atoms with E-state index in [1.165, 1.54) is 0 Å². The third kappa shape index (κ3) is 4.12. The lowest BCUT2D eigenvalue weighted by Crippen LogP contribution is -2.36. The Hall–Kier alpha value is -2.63. The van der Waals surface area contributed by atoms with Crippen molar-refractivity contribution < 1.29 is 9.53 Å². The van der Waals surface area contributed by atoms with Gasteiger partial charge in [-0.25, -0.2) is 14.8 Å². The van der Waals surface area contributed by atoms with Gasteiger partial charge in [0.2, 0.25) is 5.95 Å². The molecule has 6 heteroatoms. The molecule has 1 heterocycles. The zero-order valence-electron chi connectivity index (χ0n) is 14.9. The number of hydrogen-bond acceptors (Lipinski definition) is 5. The molecule has 2 fully saturated rings. The van der Waals surface area contributed by atoms with Crippen molar-refractivity contribution in [3.63, 3.8) is 0 Å². The number of rotatable bonds is 5. The van der Waals surface area contributed by atoms with Crippen LogP contribution in [-0.4, -0.2) is 27.7 Å². The van der Waals surface area contributed by atoms with Crippen LogP contribution in [0.5, 0.6) is 0 Å². The first-order valence-corrected chi connectivity index (χ1v) is 9.22. The number of benzene rings is 1. The van der Waals surface area contributed by atoms with Gasteiger partial charge in [-0.1, -0.05) is 18.2 Å². The molecule has 2 saturated carbocycles. The van der Waals surface area contributed by atoms with Crippen molar-refractivity contribution in [3.8, 4) is 0 Å². The molecular weight excluding hydrogens is 328 g/mol. The van der Waals surface area contributed by atoms with Crippen LogP contribution in [0.15, 0.2) is 42.7 Å². The van der Waals surface area contributed by atoms with Gasteiger partial charge in [0, 0.05) is 23.6 Å². The molecule has 0 saturated heterocycles. The van der Waals surface area contributed by atoms with Crippen LogP contribution in [0, 0.1) is 0 Å². The number of carbonyl (C=O) groups is 1. The van der Waals surface area contributed by atoms with Gasteiger partial charge in [-0.15, -0.1) is 0 Å². The molecule has 0 unspecified atom stereocenters. The normalized spacial score (nSPS) is 23.3. The molecule has 2 aliphatic carbocycles. The van der Waals surface area contributed by atoms with Crippen LogP contribution in [-0.2, 0) is 4.74 Å². The van der Waals surface area contributed by atoms with Crippen LogP contribution < -0.4 is 10.6 Å². The summed E-state index contributed by atoms with van der Waals surface area (Å²) in [5, 5.41) is 6.13. The Morgan fingerprint density at radius 2 is 1.88 bits per heavy atom. The summed E-state index contributed by atoms with van der Waals surface area (Å²) in [7, 11) is 0. The van der Waals surface area contributed by atoms with Gasteiger partial charge in [0.25, 0.3) is 0 Å². The molecule has 1 aromatic carbocycles. The highest BCUT2D eigenvalue weighted by Gasteiger charge is 2.40. The summed E-state index contributed by atoms with van der Waals surface area (Å²) in [5.41, 5.74) is 2.03. The van der Waals surface area contributed by atoms with Gasteiger partial charge in [0.05, 0.1) is 0 Å². The molecule has 4 rings (SSSR count). The summed E-state index contributed by atoms with van der Waals surface area (Å²) < 4.78 is 5.58. The Balaban J connectivity index is 1.30. The van der Waals surface area contributed by atoms with Crippen LogP contribution in [0.4, 0.5) is 16.4 Å². The van der Waals surface area contributed by atoms with Gasteiger partial charge in [-0.2, -0.15) is 0 Å². The van der Waals surface area contributed by atoms with Crippen LogP contribution >= 0.6 is 0 Å². The zero-order chi connectivity index (χ0) is 18.0. The predicted molar refractivity (Wildman–Crippen MR) is 99.4 cm³/mol. The molecule has 26 heavy (non-hydrogen) atoms. The number of nitrogens with zero attached hydrogens (tertiary/aromatic N) is 2. The van der Waals surface area contributed by atoms with E-state index in [1.807, 2.05) is 49.6 Å². The average Bonchev–Trinajstić information content (AvgIpc) is 3.17. The van der Waals surface area contributed by atoms with Gasteiger partial charge in [-0.05, 0) is 62.6 Å². The highest BCUT2D eigenvalue weighted by molar-refractivity contribution is 5.69. The molecule has 1 aromatic heterocycles. The number of hydrogen-bond donors (Lipinski definition) is 2. The Bertz CT molecular complexity index is 759. The molecule has 0 aliphatic heterocycles. The summed E-state index contributed by atoms with van der Waals surface area (Å²) in [6.07, 6.45) is 8.22. The second-order valence-electron chi connectivity index (χ2n) is 7.55. The van der Waals surface area contributed by atoms with E-state index < -0.39 is 0 Å². The van der Waals surface area contributed by atoms with Crippen molar-refractivity contribution in [2.75, 3.05) is 5.32 Å². The molecule has 136 valence electrons. The fourth-order valence-electron chi connectivity index (χ4n) is 3.35. The maximum atomic E-state index is 11.9. The summed E-state index contributed by atoms with van der Waals surface area (Å²) in [6.45, 7) is 2.05. The third-order valence-corrected chi connectivity index (χ3v) is 5.24. The van der Waals surface area contributed by atoms with Crippen LogP contribution in [0.1, 0.15) is 50.5 Å². The second-order valence-corrected chi connectivity index (χ2v) is 7.55. The Morgan fingerprint density at radius 1 is 1.15 bits per heavy atom. The highest BCUT2D eigenvalue weighted by Crippen LogP contribution is 2.37. The maximum absolute atomic E-state index is 11.9. The molecule has 2 N–H and O–H groups in total. The lowest BCUT2D eigenvalue weighted by molar-refractivity contribution is 0.0967. The molecule has 0 spiro atoms. The van der Waals surface area contributed by atoms with Crippen LogP contribution in [0.25, 0.3) is 0 Å². The van der Waals surface area contributed by atoms with Crippen LogP contribution in [0.3, 0.4) is 0 Å². The zero-order valence-corrected chi connectivity index (χ0v) is 14.9. The monoisotopic (exact) mass is 352 g/mol. The first-order chi connectivity index (χ1) is 12.6. The molecule has 1 amide bonds. The fourth-order valence-corrected chi connectivity index (χ4v) is 3.35. The Morgan fingerprint density at radius 3 is 2.58 bits per heavy atom. The molecular formula is C20H24N4O2. The van der Waals surface area contributed by atoms with Gasteiger partial charge in [-0.3, -0.25) is 0 Å². The van der Waals surface area contributed by atoms with Gasteiger partial charge >= 0.3 is 6.09 Å². The first-order valence-electron chi connectivity index (χ1n) is 9.22. The minimum atomic E-state index is -0.283. The molecule has 0 bridgehead atoms. The van der Waals surface area contributed by atoms with E-state index >= 15 is 0 Å². The Labute approximate surface area is 153 Å². The molecule has 0 radical (unpaired) electrons. The number of aromatic nitrogens is 2. The largest absolute Gasteiger partial charge is 0.446 e. The standard InChI is InChI=1S/C20H24N4O2/c1-20(9-10-20)24-19(25)26-17-8-7-14(11-17)15-12-21-18(22-13-15)23-16-5-3-2-4-6-16/h2-6,12-14,17H,7-11H2,1H3,(H,24,25)(H,21,22,23)/t14-,17+/m1/s1. The number of amides is 1. The van der Waals surface area contributed by atoms with E-state index in [1.54, 1.807) is 0 Å². The van der Waals surface area contributed by atoms with E-state index in [2.05, 4.69) is 20.6 Å². The van der Waals surface area contributed by atoms with E-state index in [-0.39, 0.29) is 17.7 Å². The minimum absolute atomic E-state index is 0.0236. The molecule has 2 aromatic rings.